The number of amides is 17. The monoisotopic (exact) mass is 1850 g/mol. The van der Waals surface area contributed by atoms with Crippen LogP contribution in [0, 0.1) is 11.8 Å². The molecule has 1 aliphatic rings. The Morgan fingerprint density at radius 1 is 0.438 bits per heavy atom. The van der Waals surface area contributed by atoms with E-state index in [0.717, 1.165) is 36.6 Å². The van der Waals surface area contributed by atoms with Crippen molar-refractivity contribution >= 4 is 129 Å². The highest BCUT2D eigenvalue weighted by molar-refractivity contribution is 8.14. The number of imide groups is 1. The molecule has 1 heterocycles. The van der Waals surface area contributed by atoms with Crippen LogP contribution in [0.5, 0.6) is 11.5 Å². The number of carbonyl (C=O) groups excluding carboxylic acids is 17. The van der Waals surface area contributed by atoms with Gasteiger partial charge in [-0.25, -0.2) is 0 Å². The second-order valence-electron chi connectivity index (χ2n) is 31.1. The predicted octanol–water partition coefficient (Wildman–Crippen LogP) is -6.29. The van der Waals surface area contributed by atoms with Crippen LogP contribution in [0.3, 0.4) is 0 Å². The van der Waals surface area contributed by atoms with Crippen molar-refractivity contribution in [1.82, 2.24) is 84.7 Å². The lowest BCUT2D eigenvalue weighted by molar-refractivity contribution is -0.142. The van der Waals surface area contributed by atoms with Gasteiger partial charge in [-0.2, -0.15) is 0 Å². The average Bonchev–Trinajstić information content (AvgIpc) is 0.848. The molecule has 0 aromatic heterocycles. The Morgan fingerprint density at radius 3 is 1.31 bits per heavy atom. The van der Waals surface area contributed by atoms with E-state index in [9.17, 15) is 142 Å². The first kappa shape index (κ1) is 109. The van der Waals surface area contributed by atoms with Crippen molar-refractivity contribution in [2.45, 2.75) is 216 Å². The molecule has 47 heteroatoms. The van der Waals surface area contributed by atoms with Gasteiger partial charge in [-0.1, -0.05) is 107 Å². The molecule has 1 aliphatic heterocycles. The minimum Gasteiger partial charge on any atom is -0.508 e. The van der Waals surface area contributed by atoms with Gasteiger partial charge in [0, 0.05) is 57.0 Å². The SMILES string of the molecule is CC[C@H](C)[C@H](NC(=O)[C@H](CO)NC(=O)[C@H](Cc1ccc(O)cc1)NC(=O)[C@H](CC(=O)O)NC(=O)[C@H](CO)NC(=O)[C@@H](NC(=O)[C@H](Cc1ccccc1)NC(=O)[C@@H](NC(=O)CNC(=O)[C@H](CCC(=O)O)NC(=O)/C=C/C(=O)NCCN1C(=O)CSC1=O)[C@@H](C)O)[C@@H](C)O)C(=O)N[C@@H](Cc1ccc(O)cc1)C(=O)N[C@@H](CC(C)C)C(=O)N[C@@H](CC(=O)O)C(=O)N[C@H](C)CCCCN. The standard InChI is InChI=1S/C83H117N17O29S/c1-8-43(4)68(80(126)93-55(35-49-19-23-51(106)24-20-49)74(120)89-53(32-42(2)3)73(119)91-57(36-66(113)114)72(118)87-44(5)14-12-13-29-84)98-79(125)60(40-102)95-75(121)54(34-48-17-21-50(105)22-18-48)90-76(122)58(37-67(115)116)92-78(124)59(39-101)96-82(128)70(46(7)104)99-77(123)56(33-47-15-10-9-11-16-47)94-81(127)69(45(6)103)97-63(109)38-86-71(117)52(25-28-65(111)112)88-62(108)27-26-61(107)85-30-31-100-64(110)41-130-83(100)129/h9-11,15-24,26-27,42-46,52-60,68-70,101-106H,8,12-14,25,28-41,84H2,1-7H3,(H,85,107)(H,86,117)(H,87,118)(H,88,108)(H,89,120)(H,90,122)(H,91,119)(H,92,124)(H,93,126)(H,94,127)(H,95,121)(H,96,128)(H,97,109)(H,98,125)(H,99,123)(H,111,112)(H,113,114)(H,115,116)/b27-26+/t43-,44+,45+,46+,52-,53-,54-,55-,56-,57-,58-,59-,60-,68-,69-,70-/m0/s1. The number of phenolic OH excluding ortho intramolecular Hbond substituents is 2. The molecule has 0 unspecified atom stereocenters. The smallest absolute Gasteiger partial charge is 0.305 e. The average molecular weight is 1850 g/mol. The first-order chi connectivity index (χ1) is 61.4. The van der Waals surface area contributed by atoms with Crippen molar-refractivity contribution in [2.24, 2.45) is 17.6 Å². The number of unbranched alkanes of at least 4 members (excludes halogenated alkanes) is 1. The number of phenols is 2. The van der Waals surface area contributed by atoms with Crippen LogP contribution in [0.2, 0.25) is 0 Å². The van der Waals surface area contributed by atoms with Crippen molar-refractivity contribution in [1.29, 1.82) is 0 Å². The fourth-order valence-electron chi connectivity index (χ4n) is 12.6. The highest BCUT2D eigenvalue weighted by Gasteiger charge is 2.41. The van der Waals surface area contributed by atoms with Crippen LogP contribution in [0.25, 0.3) is 0 Å². The zero-order valence-corrected chi connectivity index (χ0v) is 73.3. The van der Waals surface area contributed by atoms with E-state index in [0.29, 0.717) is 43.0 Å². The Morgan fingerprint density at radius 2 is 0.846 bits per heavy atom. The third-order valence-corrected chi connectivity index (χ3v) is 20.8. The number of benzene rings is 3. The number of aromatic hydroxyl groups is 2. The maximum absolute atomic E-state index is 14.7. The number of carbonyl (C=O) groups is 20. The molecule has 1 saturated heterocycles. The normalized spacial score (nSPS) is 15.5. The third kappa shape index (κ3) is 38.7. The van der Waals surface area contributed by atoms with E-state index in [1.807, 2.05) is 0 Å². The van der Waals surface area contributed by atoms with Crippen LogP contribution in [0.15, 0.2) is 91.0 Å². The van der Waals surface area contributed by atoms with Gasteiger partial charge in [0.1, 0.15) is 84.0 Å². The number of carboxylic acid groups (broad SMARTS) is 3. The van der Waals surface area contributed by atoms with Crippen molar-refractivity contribution in [3.8, 4) is 11.5 Å². The van der Waals surface area contributed by atoms with Gasteiger partial charge in [0.2, 0.25) is 94.5 Å². The minimum atomic E-state index is -2.23. The van der Waals surface area contributed by atoms with E-state index in [4.69, 9.17) is 5.73 Å². The fraction of sp³-hybridized carbons (Fsp3) is 0.518. The van der Waals surface area contributed by atoms with Gasteiger partial charge >= 0.3 is 17.9 Å². The van der Waals surface area contributed by atoms with Gasteiger partial charge in [0.25, 0.3) is 5.24 Å². The van der Waals surface area contributed by atoms with Gasteiger partial charge in [-0.15, -0.1) is 0 Å². The van der Waals surface area contributed by atoms with Crippen LogP contribution < -0.4 is 85.5 Å². The summed E-state index contributed by atoms with van der Waals surface area (Å²) in [6.45, 7) is 6.73. The van der Waals surface area contributed by atoms with Crippen LogP contribution in [-0.4, -0.2) is 304 Å². The third-order valence-electron chi connectivity index (χ3n) is 19.9. The maximum Gasteiger partial charge on any atom is 0.305 e. The highest BCUT2D eigenvalue weighted by atomic mass is 32.2. The maximum atomic E-state index is 14.7. The van der Waals surface area contributed by atoms with E-state index in [2.05, 4.69) is 79.8 Å². The summed E-state index contributed by atoms with van der Waals surface area (Å²) in [5.74, 6) is -24.3. The van der Waals surface area contributed by atoms with E-state index in [1.54, 1.807) is 33.8 Å². The van der Waals surface area contributed by atoms with Crippen molar-refractivity contribution in [3.63, 3.8) is 0 Å². The van der Waals surface area contributed by atoms with Crippen molar-refractivity contribution in [3.05, 3.63) is 108 Å². The number of thioether (sulfide) groups is 1. The molecule has 714 valence electrons. The number of aliphatic hydroxyl groups excluding tert-OH is 4. The molecule has 130 heavy (non-hydrogen) atoms. The lowest BCUT2D eigenvalue weighted by Gasteiger charge is -2.30. The number of nitrogens with one attached hydrogen (secondary N) is 15. The van der Waals surface area contributed by atoms with Gasteiger partial charge in [0.05, 0.1) is 50.6 Å². The largest absolute Gasteiger partial charge is 0.508 e. The number of nitrogens with zero attached hydrogens (tertiary/aromatic N) is 1. The number of rotatable bonds is 57. The second-order valence-corrected chi connectivity index (χ2v) is 32.1. The number of hydrogen-bond donors (Lipinski definition) is 25. The summed E-state index contributed by atoms with van der Waals surface area (Å²) in [6.07, 6.45) is -5.17. The van der Waals surface area contributed by atoms with Crippen LogP contribution in [0.4, 0.5) is 4.79 Å². The topological polar surface area (TPSA) is 733 Å². The van der Waals surface area contributed by atoms with Gasteiger partial charge in [-0.3, -0.25) is 101 Å². The quantitative estimate of drug-likeness (QED) is 0.0185. The molecular formula is C83H117N17O29S. The minimum absolute atomic E-state index is 0.0658. The number of hydrogen-bond acceptors (Lipinski definition) is 28. The summed E-state index contributed by atoms with van der Waals surface area (Å²) in [6, 6.07) is -4.58. The molecule has 0 spiro atoms. The molecular weight excluding hydrogens is 1730 g/mol. The Labute approximate surface area is 750 Å². The van der Waals surface area contributed by atoms with Crippen LogP contribution >= 0.6 is 11.8 Å². The zero-order valence-electron chi connectivity index (χ0n) is 72.5. The van der Waals surface area contributed by atoms with Crippen molar-refractivity contribution < 1.29 is 142 Å². The second kappa shape index (κ2) is 55.5. The molecule has 0 bridgehead atoms. The van der Waals surface area contributed by atoms with Gasteiger partial charge in [-0.05, 0) is 106 Å². The summed E-state index contributed by atoms with van der Waals surface area (Å²) >= 11 is 0.777. The molecule has 1 fully saturated rings. The van der Waals surface area contributed by atoms with Gasteiger partial charge < -0.3 is 131 Å². The zero-order chi connectivity index (χ0) is 97.2. The number of aliphatic carboxylic acids is 3. The Balaban J connectivity index is 1.54. The Hall–Kier alpha value is -13.2. The number of nitrogens with two attached hydrogens (primary N) is 1. The summed E-state index contributed by atoms with van der Waals surface area (Å²) in [7, 11) is 0. The van der Waals surface area contributed by atoms with E-state index in [-0.39, 0.29) is 61.1 Å². The molecule has 0 saturated carbocycles. The van der Waals surface area contributed by atoms with E-state index in [1.165, 1.54) is 79.7 Å². The van der Waals surface area contributed by atoms with Crippen LogP contribution in [0.1, 0.15) is 123 Å². The first-order valence-corrected chi connectivity index (χ1v) is 42.5. The summed E-state index contributed by atoms with van der Waals surface area (Å²) in [5.41, 5.74) is 6.47. The molecule has 0 radical (unpaired) electrons. The highest BCUT2D eigenvalue weighted by Crippen LogP contribution is 2.20. The summed E-state index contributed by atoms with van der Waals surface area (Å²) in [5, 5.41) is 127. The molecule has 0 aliphatic carbocycles. The Kier molecular flexibility index (Phi) is 46.6. The fourth-order valence-corrected chi connectivity index (χ4v) is 13.4. The van der Waals surface area contributed by atoms with E-state index >= 15 is 0 Å². The number of carboxylic acids is 3. The van der Waals surface area contributed by atoms with Crippen LogP contribution in [-0.2, 0) is 110 Å². The first-order valence-electron chi connectivity index (χ1n) is 41.6. The molecule has 46 nitrogen and oxygen atoms in total. The lowest BCUT2D eigenvalue weighted by atomic mass is 9.96. The molecule has 26 N–H and O–H groups in total. The molecule has 17 amide bonds. The Bertz CT molecular complexity index is 4450. The lowest BCUT2D eigenvalue weighted by Crippen LogP contribution is -2.63. The number of aliphatic hydroxyl groups is 4. The van der Waals surface area contributed by atoms with Crippen molar-refractivity contribution in [2.75, 3.05) is 45.1 Å². The predicted molar refractivity (Wildman–Crippen MR) is 460 cm³/mol. The summed E-state index contributed by atoms with van der Waals surface area (Å²) in [4.78, 5) is 269. The summed E-state index contributed by atoms with van der Waals surface area (Å²) < 4.78 is 0. The molecule has 3 aromatic rings. The van der Waals surface area contributed by atoms with Gasteiger partial charge in [0.15, 0.2) is 0 Å². The molecule has 16 atom stereocenters. The molecule has 3 aromatic carbocycles. The molecule has 4 rings (SSSR count). The van der Waals surface area contributed by atoms with E-state index < -0.39 is 273 Å².